The predicted octanol–water partition coefficient (Wildman–Crippen LogP) is 0.464. The Balaban J connectivity index is 2.06. The minimum atomic E-state index is -1.35. The van der Waals surface area contributed by atoms with Crippen molar-refractivity contribution in [1.82, 2.24) is 9.80 Å². The van der Waals surface area contributed by atoms with Crippen LogP contribution in [-0.2, 0) is 9.59 Å². The standard InChI is InChI=1S/C13H13N3O4S/c1-13(4-3-7(17)15(2)12(13)20)16-10(18)6-5-21-9(14)8(6)11(16)19/h5H,3-4,14H2,1-2H3. The SMILES string of the molecule is CN1C(=O)CCC(C)(N2C(=O)c3csc(N)c3C2=O)C1=O. The topological polar surface area (TPSA) is 101 Å². The molecule has 2 aliphatic rings. The zero-order valence-corrected chi connectivity index (χ0v) is 12.3. The fraction of sp³-hybridized carbons (Fsp3) is 0.385. The summed E-state index contributed by atoms with van der Waals surface area (Å²) >= 11 is 1.12. The molecule has 2 aliphatic heterocycles. The van der Waals surface area contributed by atoms with Crippen LogP contribution < -0.4 is 5.73 Å². The van der Waals surface area contributed by atoms with Gasteiger partial charge in [-0.25, -0.2) is 0 Å². The molecule has 8 heteroatoms. The van der Waals surface area contributed by atoms with Gasteiger partial charge in [0.25, 0.3) is 17.7 Å². The van der Waals surface area contributed by atoms with Crippen molar-refractivity contribution in [3.8, 4) is 0 Å². The summed E-state index contributed by atoms with van der Waals surface area (Å²) in [5.74, 6) is -1.95. The number of nitrogens with two attached hydrogens (primary N) is 1. The van der Waals surface area contributed by atoms with E-state index in [0.29, 0.717) is 0 Å². The van der Waals surface area contributed by atoms with Gasteiger partial charge in [-0.3, -0.25) is 29.0 Å². The second-order valence-corrected chi connectivity index (χ2v) is 6.28. The first kappa shape index (κ1) is 13.7. The van der Waals surface area contributed by atoms with Crippen molar-refractivity contribution in [2.45, 2.75) is 25.3 Å². The van der Waals surface area contributed by atoms with Crippen LogP contribution in [0.5, 0.6) is 0 Å². The Hall–Kier alpha value is -2.22. The van der Waals surface area contributed by atoms with Gasteiger partial charge in [0.15, 0.2) is 0 Å². The number of likely N-dealkylation sites (N-methyl/N-ethyl adjacent to an activating group) is 1. The van der Waals surface area contributed by atoms with Gasteiger partial charge in [-0.2, -0.15) is 0 Å². The van der Waals surface area contributed by atoms with Gasteiger partial charge in [0.2, 0.25) is 5.91 Å². The molecule has 1 aromatic rings. The molecule has 1 saturated heterocycles. The van der Waals surface area contributed by atoms with Gasteiger partial charge in [-0.15, -0.1) is 11.3 Å². The smallest absolute Gasteiger partial charge is 0.265 e. The average Bonchev–Trinajstić information content (AvgIpc) is 2.94. The van der Waals surface area contributed by atoms with Gasteiger partial charge >= 0.3 is 0 Å². The molecule has 1 atom stereocenters. The van der Waals surface area contributed by atoms with E-state index in [-0.39, 0.29) is 34.9 Å². The predicted molar refractivity (Wildman–Crippen MR) is 74.6 cm³/mol. The van der Waals surface area contributed by atoms with E-state index in [1.807, 2.05) is 0 Å². The summed E-state index contributed by atoms with van der Waals surface area (Å²) < 4.78 is 0. The van der Waals surface area contributed by atoms with Crippen molar-refractivity contribution < 1.29 is 19.2 Å². The summed E-state index contributed by atoms with van der Waals surface area (Å²) in [5.41, 5.74) is 4.78. The number of hydrogen-bond acceptors (Lipinski definition) is 6. The van der Waals surface area contributed by atoms with E-state index in [4.69, 9.17) is 5.73 Å². The van der Waals surface area contributed by atoms with E-state index in [1.165, 1.54) is 19.4 Å². The number of imide groups is 2. The molecule has 0 bridgehead atoms. The Kier molecular flexibility index (Phi) is 2.71. The molecule has 0 radical (unpaired) electrons. The van der Waals surface area contributed by atoms with Crippen LogP contribution in [-0.4, -0.2) is 46.0 Å². The lowest BCUT2D eigenvalue weighted by Gasteiger charge is -2.41. The van der Waals surface area contributed by atoms with Crippen LogP contribution in [0.4, 0.5) is 5.00 Å². The molecular formula is C13H13N3O4S. The highest BCUT2D eigenvalue weighted by Gasteiger charge is 2.55. The van der Waals surface area contributed by atoms with Crippen molar-refractivity contribution >= 4 is 40.0 Å². The van der Waals surface area contributed by atoms with Crippen LogP contribution >= 0.6 is 11.3 Å². The molecule has 3 rings (SSSR count). The van der Waals surface area contributed by atoms with Crippen LogP contribution in [0.25, 0.3) is 0 Å². The summed E-state index contributed by atoms with van der Waals surface area (Å²) in [4.78, 5) is 50.9. The van der Waals surface area contributed by atoms with Crippen LogP contribution in [0.1, 0.15) is 40.5 Å². The number of amides is 4. The Morgan fingerprint density at radius 1 is 1.24 bits per heavy atom. The second kappa shape index (κ2) is 4.14. The summed E-state index contributed by atoms with van der Waals surface area (Å²) in [7, 11) is 1.36. The number of rotatable bonds is 1. The number of carbonyl (C=O) groups is 4. The molecule has 4 amide bonds. The molecule has 1 aromatic heterocycles. The normalized spacial score (nSPS) is 25.8. The van der Waals surface area contributed by atoms with Gasteiger partial charge in [-0.1, -0.05) is 0 Å². The number of nitrogens with zero attached hydrogens (tertiary/aromatic N) is 2. The minimum absolute atomic E-state index is 0.109. The molecule has 1 fully saturated rings. The third-order valence-corrected chi connectivity index (χ3v) is 4.94. The van der Waals surface area contributed by atoms with Crippen LogP contribution in [0.2, 0.25) is 0 Å². The molecule has 0 aliphatic carbocycles. The highest BCUT2D eigenvalue weighted by Crippen LogP contribution is 2.39. The van der Waals surface area contributed by atoms with Gasteiger partial charge in [0.05, 0.1) is 16.1 Å². The maximum absolute atomic E-state index is 12.5. The van der Waals surface area contributed by atoms with Gasteiger partial charge in [0.1, 0.15) is 5.54 Å². The van der Waals surface area contributed by atoms with Crippen molar-refractivity contribution in [3.63, 3.8) is 0 Å². The molecule has 2 N–H and O–H groups in total. The van der Waals surface area contributed by atoms with Gasteiger partial charge in [0, 0.05) is 18.8 Å². The second-order valence-electron chi connectivity index (χ2n) is 5.37. The molecule has 0 spiro atoms. The van der Waals surface area contributed by atoms with Crippen LogP contribution in [0.15, 0.2) is 5.38 Å². The maximum atomic E-state index is 12.5. The number of anilines is 1. The first-order valence-corrected chi connectivity index (χ1v) is 7.24. The molecule has 21 heavy (non-hydrogen) atoms. The van der Waals surface area contributed by atoms with Gasteiger partial charge in [-0.05, 0) is 13.3 Å². The highest BCUT2D eigenvalue weighted by atomic mass is 32.1. The lowest BCUT2D eigenvalue weighted by molar-refractivity contribution is -0.154. The number of likely N-dealkylation sites (tertiary alicyclic amines) is 1. The minimum Gasteiger partial charge on any atom is -0.390 e. The zero-order valence-electron chi connectivity index (χ0n) is 11.5. The third-order valence-electron chi connectivity index (χ3n) is 4.13. The van der Waals surface area contributed by atoms with E-state index < -0.39 is 23.3 Å². The number of nitrogen functional groups attached to an aromatic ring is 1. The molecular weight excluding hydrogens is 294 g/mol. The van der Waals surface area contributed by atoms with E-state index in [1.54, 1.807) is 0 Å². The van der Waals surface area contributed by atoms with Crippen LogP contribution in [0, 0.1) is 0 Å². The van der Waals surface area contributed by atoms with Crippen molar-refractivity contribution in [3.05, 3.63) is 16.5 Å². The monoisotopic (exact) mass is 307 g/mol. The number of piperidine rings is 1. The van der Waals surface area contributed by atoms with Crippen LogP contribution in [0.3, 0.4) is 0 Å². The molecule has 110 valence electrons. The van der Waals surface area contributed by atoms with Crippen molar-refractivity contribution in [2.75, 3.05) is 12.8 Å². The summed E-state index contributed by atoms with van der Waals surface area (Å²) in [6.07, 6.45) is 0.234. The average molecular weight is 307 g/mol. The Labute approximate surface area is 124 Å². The zero-order chi connectivity index (χ0) is 15.5. The molecule has 3 heterocycles. The first-order valence-electron chi connectivity index (χ1n) is 6.36. The Bertz CT molecular complexity index is 710. The lowest BCUT2D eigenvalue weighted by atomic mass is 9.88. The van der Waals surface area contributed by atoms with Crippen molar-refractivity contribution in [2.24, 2.45) is 0 Å². The fourth-order valence-electron chi connectivity index (χ4n) is 2.83. The Morgan fingerprint density at radius 2 is 1.90 bits per heavy atom. The molecule has 0 aromatic carbocycles. The molecule has 7 nitrogen and oxygen atoms in total. The lowest BCUT2D eigenvalue weighted by Crippen LogP contribution is -2.63. The summed E-state index contributed by atoms with van der Waals surface area (Å²) in [6.45, 7) is 1.51. The summed E-state index contributed by atoms with van der Waals surface area (Å²) in [5, 5.41) is 1.79. The maximum Gasteiger partial charge on any atom is 0.265 e. The number of thiophene rings is 1. The van der Waals surface area contributed by atoms with E-state index in [9.17, 15) is 19.2 Å². The van der Waals surface area contributed by atoms with Crippen molar-refractivity contribution in [1.29, 1.82) is 0 Å². The number of carbonyl (C=O) groups excluding carboxylic acids is 4. The Morgan fingerprint density at radius 3 is 2.52 bits per heavy atom. The number of fused-ring (bicyclic) bond motifs is 1. The quantitative estimate of drug-likeness (QED) is 0.760. The fourth-order valence-corrected chi connectivity index (χ4v) is 3.61. The number of hydrogen-bond donors (Lipinski definition) is 1. The summed E-state index contributed by atoms with van der Waals surface area (Å²) in [6, 6.07) is 0. The van der Waals surface area contributed by atoms with E-state index in [0.717, 1.165) is 21.1 Å². The highest BCUT2D eigenvalue weighted by molar-refractivity contribution is 7.14. The van der Waals surface area contributed by atoms with E-state index >= 15 is 0 Å². The van der Waals surface area contributed by atoms with E-state index in [2.05, 4.69) is 0 Å². The van der Waals surface area contributed by atoms with Gasteiger partial charge < -0.3 is 5.73 Å². The first-order chi connectivity index (χ1) is 9.79. The molecule has 0 saturated carbocycles. The third kappa shape index (κ3) is 1.59. The molecule has 1 unspecified atom stereocenters. The largest absolute Gasteiger partial charge is 0.390 e.